The number of carbonyl (C=O) groups excluding carboxylic acids is 1. The van der Waals surface area contributed by atoms with Crippen LogP contribution in [0.2, 0.25) is 5.02 Å². The van der Waals surface area contributed by atoms with E-state index in [-0.39, 0.29) is 12.2 Å². The van der Waals surface area contributed by atoms with Crippen molar-refractivity contribution in [2.75, 3.05) is 26.3 Å². The quantitative estimate of drug-likeness (QED) is 0.927. The standard InChI is InChI=1S/C18H21ClN2O3/c19-14-1-2-16-15(10-14)13(11-20-16)9-17(22)21-5-3-12(4-6-21)18-23-7-8-24-18/h1-2,10-12,18,20H,3-9H2. The SMILES string of the molecule is O=C(Cc1c[nH]c2ccc(Cl)cc12)N1CCC(C2OCCO2)CC1. The van der Waals surface area contributed by atoms with Crippen LogP contribution in [0.1, 0.15) is 18.4 Å². The van der Waals surface area contributed by atoms with E-state index in [1.54, 1.807) is 0 Å². The number of benzene rings is 1. The number of fused-ring (bicyclic) bond motifs is 1. The molecule has 2 aliphatic heterocycles. The lowest BCUT2D eigenvalue weighted by Crippen LogP contribution is -2.42. The minimum Gasteiger partial charge on any atom is -0.361 e. The number of aromatic nitrogens is 1. The molecule has 2 aliphatic rings. The molecule has 24 heavy (non-hydrogen) atoms. The Morgan fingerprint density at radius 2 is 2.00 bits per heavy atom. The molecule has 5 nitrogen and oxygen atoms in total. The van der Waals surface area contributed by atoms with Gasteiger partial charge in [0.2, 0.25) is 5.91 Å². The minimum atomic E-state index is -0.0713. The Labute approximate surface area is 145 Å². The number of halogens is 1. The van der Waals surface area contributed by atoms with Gasteiger partial charge in [0.05, 0.1) is 19.6 Å². The number of amides is 1. The number of piperidine rings is 1. The molecule has 3 heterocycles. The highest BCUT2D eigenvalue weighted by Crippen LogP contribution is 2.27. The molecule has 4 rings (SSSR count). The molecule has 2 saturated heterocycles. The second-order valence-electron chi connectivity index (χ2n) is 6.51. The highest BCUT2D eigenvalue weighted by Gasteiger charge is 2.31. The molecular formula is C18H21ClN2O3. The van der Waals surface area contributed by atoms with Crippen LogP contribution < -0.4 is 0 Å². The largest absolute Gasteiger partial charge is 0.361 e. The number of hydrogen-bond donors (Lipinski definition) is 1. The molecule has 2 fully saturated rings. The molecule has 0 spiro atoms. The number of aromatic amines is 1. The molecule has 6 heteroatoms. The first-order chi connectivity index (χ1) is 11.7. The number of nitrogens with one attached hydrogen (secondary N) is 1. The normalized spacial score (nSPS) is 20.1. The fraction of sp³-hybridized carbons (Fsp3) is 0.500. The van der Waals surface area contributed by atoms with Crippen molar-refractivity contribution in [1.29, 1.82) is 0 Å². The molecule has 0 atom stereocenters. The van der Waals surface area contributed by atoms with Crippen molar-refractivity contribution in [3.8, 4) is 0 Å². The molecule has 1 amide bonds. The van der Waals surface area contributed by atoms with Gasteiger partial charge >= 0.3 is 0 Å². The molecule has 0 unspecified atom stereocenters. The van der Waals surface area contributed by atoms with Crippen LogP contribution in [0.25, 0.3) is 10.9 Å². The first kappa shape index (κ1) is 15.9. The van der Waals surface area contributed by atoms with Crippen LogP contribution in [0, 0.1) is 5.92 Å². The van der Waals surface area contributed by atoms with E-state index < -0.39 is 0 Å². The maximum atomic E-state index is 12.6. The van der Waals surface area contributed by atoms with Gasteiger partial charge in [0.1, 0.15) is 0 Å². The van der Waals surface area contributed by atoms with Gasteiger partial charge in [-0.15, -0.1) is 0 Å². The Bertz CT molecular complexity index is 731. The number of H-pyrrole nitrogens is 1. The van der Waals surface area contributed by atoms with Crippen molar-refractivity contribution in [3.05, 3.63) is 35.0 Å². The molecule has 0 aliphatic carbocycles. The monoisotopic (exact) mass is 348 g/mol. The van der Waals surface area contributed by atoms with Crippen molar-refractivity contribution in [2.45, 2.75) is 25.6 Å². The van der Waals surface area contributed by atoms with E-state index in [4.69, 9.17) is 21.1 Å². The van der Waals surface area contributed by atoms with E-state index in [0.717, 1.165) is 42.4 Å². The molecule has 128 valence electrons. The Morgan fingerprint density at radius 3 is 2.75 bits per heavy atom. The maximum Gasteiger partial charge on any atom is 0.227 e. The van der Waals surface area contributed by atoms with Gasteiger partial charge in [-0.1, -0.05) is 11.6 Å². The van der Waals surface area contributed by atoms with Crippen molar-refractivity contribution in [3.63, 3.8) is 0 Å². The van der Waals surface area contributed by atoms with Gasteiger partial charge in [0.25, 0.3) is 0 Å². The molecule has 1 aromatic heterocycles. The first-order valence-corrected chi connectivity index (χ1v) is 8.85. The van der Waals surface area contributed by atoms with Gasteiger partial charge < -0.3 is 19.4 Å². The topological polar surface area (TPSA) is 54.6 Å². The van der Waals surface area contributed by atoms with E-state index >= 15 is 0 Å². The van der Waals surface area contributed by atoms with Crippen LogP contribution in [0.15, 0.2) is 24.4 Å². The molecule has 2 aromatic rings. The lowest BCUT2D eigenvalue weighted by Gasteiger charge is -2.33. The van der Waals surface area contributed by atoms with E-state index in [0.29, 0.717) is 30.6 Å². The first-order valence-electron chi connectivity index (χ1n) is 8.47. The van der Waals surface area contributed by atoms with Crippen LogP contribution >= 0.6 is 11.6 Å². The highest BCUT2D eigenvalue weighted by molar-refractivity contribution is 6.31. The zero-order valence-electron chi connectivity index (χ0n) is 13.5. The van der Waals surface area contributed by atoms with Gasteiger partial charge in [0.15, 0.2) is 6.29 Å². The number of hydrogen-bond acceptors (Lipinski definition) is 3. The smallest absolute Gasteiger partial charge is 0.227 e. The van der Waals surface area contributed by atoms with Gasteiger partial charge in [-0.3, -0.25) is 4.79 Å². The Kier molecular flexibility index (Phi) is 4.48. The predicted molar refractivity (Wildman–Crippen MR) is 92.0 cm³/mol. The van der Waals surface area contributed by atoms with E-state index in [1.165, 1.54) is 0 Å². The van der Waals surface area contributed by atoms with Crippen LogP contribution in [-0.4, -0.2) is 48.4 Å². The number of likely N-dealkylation sites (tertiary alicyclic amines) is 1. The van der Waals surface area contributed by atoms with Gasteiger partial charge in [0, 0.05) is 41.1 Å². The fourth-order valence-corrected chi connectivity index (χ4v) is 3.81. The highest BCUT2D eigenvalue weighted by atomic mass is 35.5. The summed E-state index contributed by atoms with van der Waals surface area (Å²) in [5, 5.41) is 1.71. The summed E-state index contributed by atoms with van der Waals surface area (Å²) in [6.07, 6.45) is 4.12. The van der Waals surface area contributed by atoms with E-state index in [2.05, 4.69) is 4.98 Å². The molecule has 0 saturated carbocycles. The van der Waals surface area contributed by atoms with Crippen LogP contribution in [0.4, 0.5) is 0 Å². The van der Waals surface area contributed by atoms with Crippen LogP contribution in [0.3, 0.4) is 0 Å². The van der Waals surface area contributed by atoms with E-state index in [1.807, 2.05) is 29.3 Å². The van der Waals surface area contributed by atoms with Gasteiger partial charge in [-0.25, -0.2) is 0 Å². The number of carbonyl (C=O) groups is 1. The molecular weight excluding hydrogens is 328 g/mol. The Balaban J connectivity index is 1.38. The molecule has 0 radical (unpaired) electrons. The third-order valence-electron chi connectivity index (χ3n) is 5.00. The summed E-state index contributed by atoms with van der Waals surface area (Å²) in [5.41, 5.74) is 2.01. The summed E-state index contributed by atoms with van der Waals surface area (Å²) in [6.45, 7) is 2.92. The van der Waals surface area contributed by atoms with Crippen molar-refractivity contribution in [1.82, 2.24) is 9.88 Å². The summed E-state index contributed by atoms with van der Waals surface area (Å²) in [7, 11) is 0. The fourth-order valence-electron chi connectivity index (χ4n) is 3.64. The lowest BCUT2D eigenvalue weighted by molar-refractivity contribution is -0.136. The summed E-state index contributed by atoms with van der Waals surface area (Å²) >= 11 is 6.08. The lowest BCUT2D eigenvalue weighted by atomic mass is 9.95. The summed E-state index contributed by atoms with van der Waals surface area (Å²) in [4.78, 5) is 17.8. The minimum absolute atomic E-state index is 0.0713. The van der Waals surface area contributed by atoms with E-state index in [9.17, 15) is 4.79 Å². The maximum absolute atomic E-state index is 12.6. The third-order valence-corrected chi connectivity index (χ3v) is 5.23. The van der Waals surface area contributed by atoms with Crippen LogP contribution in [0.5, 0.6) is 0 Å². The summed E-state index contributed by atoms with van der Waals surface area (Å²) < 4.78 is 11.2. The number of nitrogens with zero attached hydrogens (tertiary/aromatic N) is 1. The molecule has 0 bridgehead atoms. The van der Waals surface area contributed by atoms with Gasteiger partial charge in [-0.2, -0.15) is 0 Å². The van der Waals surface area contributed by atoms with Crippen LogP contribution in [-0.2, 0) is 20.7 Å². The summed E-state index contributed by atoms with van der Waals surface area (Å²) in [5.74, 6) is 0.575. The number of ether oxygens (including phenoxy) is 2. The molecule has 1 N–H and O–H groups in total. The average Bonchev–Trinajstić information content (AvgIpc) is 3.25. The Morgan fingerprint density at radius 1 is 1.25 bits per heavy atom. The van der Waals surface area contributed by atoms with Crippen molar-refractivity contribution < 1.29 is 14.3 Å². The number of rotatable bonds is 3. The second kappa shape index (κ2) is 6.75. The predicted octanol–water partition coefficient (Wildman–Crippen LogP) is 2.98. The Hall–Kier alpha value is -1.56. The molecule has 1 aromatic carbocycles. The zero-order chi connectivity index (χ0) is 16.5. The second-order valence-corrected chi connectivity index (χ2v) is 6.95. The van der Waals surface area contributed by atoms with Gasteiger partial charge in [-0.05, 0) is 36.6 Å². The third kappa shape index (κ3) is 3.16. The summed E-state index contributed by atoms with van der Waals surface area (Å²) in [6, 6.07) is 5.71. The van der Waals surface area contributed by atoms with Crippen molar-refractivity contribution in [2.24, 2.45) is 5.92 Å². The van der Waals surface area contributed by atoms with Crippen molar-refractivity contribution >= 4 is 28.4 Å². The zero-order valence-corrected chi connectivity index (χ0v) is 14.2. The average molecular weight is 349 g/mol.